The van der Waals surface area contributed by atoms with Crippen LogP contribution in [0.1, 0.15) is 27.9 Å². The minimum Gasteiger partial charge on any atom is -0.502 e. The quantitative estimate of drug-likeness (QED) is 0.444. The number of aromatic hydroxyl groups is 1. The van der Waals surface area contributed by atoms with E-state index in [1.807, 2.05) is 6.07 Å². The van der Waals surface area contributed by atoms with E-state index in [1.54, 1.807) is 12.1 Å². The Balaban J connectivity index is 1.75. The van der Waals surface area contributed by atoms with Gasteiger partial charge in [-0.25, -0.2) is 0 Å². The molecule has 1 aromatic heterocycles. The molecule has 0 spiro atoms. The zero-order valence-electron chi connectivity index (χ0n) is 17.3. The number of hydrogen-bond acceptors (Lipinski definition) is 3. The topological polar surface area (TPSA) is 71.3 Å². The molecule has 3 rings (SSSR count). The second-order valence-corrected chi connectivity index (χ2v) is 8.15. The van der Waals surface area contributed by atoms with Crippen LogP contribution in [-0.4, -0.2) is 22.1 Å². The van der Waals surface area contributed by atoms with E-state index in [0.29, 0.717) is 22.9 Å². The summed E-state index contributed by atoms with van der Waals surface area (Å²) in [5.74, 6) is -1.41. The van der Waals surface area contributed by atoms with E-state index in [2.05, 4.69) is 5.32 Å². The number of carbonyl (C=O) groups is 1. The van der Waals surface area contributed by atoms with E-state index in [1.165, 1.54) is 25.2 Å². The summed E-state index contributed by atoms with van der Waals surface area (Å²) in [6, 6.07) is 10.7. The van der Waals surface area contributed by atoms with Crippen molar-refractivity contribution in [1.82, 2.24) is 9.88 Å². The minimum atomic E-state index is -4.50. The average Bonchev–Trinajstić information content (AvgIpc) is 2.77. The molecule has 2 N–H and O–H groups in total. The number of amides is 1. The van der Waals surface area contributed by atoms with Gasteiger partial charge in [0.1, 0.15) is 0 Å². The van der Waals surface area contributed by atoms with Crippen LogP contribution in [-0.2, 0) is 19.6 Å². The van der Waals surface area contributed by atoms with Crippen LogP contribution in [0, 0.1) is 0 Å². The van der Waals surface area contributed by atoms with Crippen molar-refractivity contribution in [3.63, 3.8) is 0 Å². The van der Waals surface area contributed by atoms with Gasteiger partial charge in [0.05, 0.1) is 26.9 Å². The molecule has 0 unspecified atom stereocenters. The number of pyridine rings is 1. The lowest BCUT2D eigenvalue weighted by Gasteiger charge is -2.14. The van der Waals surface area contributed by atoms with Crippen LogP contribution in [0.2, 0.25) is 10.0 Å². The summed E-state index contributed by atoms with van der Waals surface area (Å²) < 4.78 is 39.6. The number of aromatic nitrogens is 1. The second-order valence-electron chi connectivity index (χ2n) is 7.34. The molecule has 2 aromatic carbocycles. The normalized spacial score (nSPS) is 11.5. The molecule has 33 heavy (non-hydrogen) atoms. The molecule has 0 bridgehead atoms. The van der Waals surface area contributed by atoms with Crippen LogP contribution < -0.4 is 10.9 Å². The molecule has 0 fully saturated rings. The zero-order valence-corrected chi connectivity index (χ0v) is 18.9. The molecule has 1 heterocycles. The van der Waals surface area contributed by atoms with E-state index >= 15 is 0 Å². The van der Waals surface area contributed by atoms with E-state index in [-0.39, 0.29) is 23.4 Å². The van der Waals surface area contributed by atoms with Crippen LogP contribution in [0.4, 0.5) is 13.2 Å². The summed E-state index contributed by atoms with van der Waals surface area (Å²) in [5, 5.41) is 13.7. The highest BCUT2D eigenvalue weighted by Crippen LogP contribution is 2.31. The third kappa shape index (κ3) is 5.69. The molecule has 0 atom stereocenters. The van der Waals surface area contributed by atoms with Crippen molar-refractivity contribution >= 4 is 29.1 Å². The van der Waals surface area contributed by atoms with Gasteiger partial charge >= 0.3 is 6.18 Å². The molecular weight excluding hydrogens is 480 g/mol. The molecule has 0 aliphatic carbocycles. The maximum absolute atomic E-state index is 12.8. The van der Waals surface area contributed by atoms with Gasteiger partial charge in [0.2, 0.25) is 0 Å². The largest absolute Gasteiger partial charge is 0.502 e. The highest BCUT2D eigenvalue weighted by molar-refractivity contribution is 6.42. The Labute approximate surface area is 197 Å². The number of alkyl halides is 3. The lowest BCUT2D eigenvalue weighted by Crippen LogP contribution is -2.28. The van der Waals surface area contributed by atoms with Crippen molar-refractivity contribution in [3.8, 4) is 17.0 Å². The van der Waals surface area contributed by atoms with Gasteiger partial charge in [-0.15, -0.1) is 0 Å². The maximum Gasteiger partial charge on any atom is 0.416 e. The van der Waals surface area contributed by atoms with E-state index in [0.717, 1.165) is 22.3 Å². The summed E-state index contributed by atoms with van der Waals surface area (Å²) in [6.07, 6.45) is -3.33. The Morgan fingerprint density at radius 2 is 1.73 bits per heavy atom. The van der Waals surface area contributed by atoms with Crippen molar-refractivity contribution in [1.29, 1.82) is 0 Å². The number of aryl methyl sites for hydroxylation is 1. The van der Waals surface area contributed by atoms with Crippen molar-refractivity contribution in [2.45, 2.75) is 19.0 Å². The van der Waals surface area contributed by atoms with Crippen LogP contribution in [0.3, 0.4) is 0 Å². The molecule has 1 amide bonds. The van der Waals surface area contributed by atoms with Crippen molar-refractivity contribution in [2.24, 2.45) is 7.05 Å². The number of halogens is 5. The Hall–Kier alpha value is -2.97. The first kappa shape index (κ1) is 24.7. The summed E-state index contributed by atoms with van der Waals surface area (Å²) in [5.41, 5.74) is -0.533. The number of carbonyl (C=O) groups excluding carboxylic acids is 1. The fourth-order valence-corrected chi connectivity index (χ4v) is 3.57. The monoisotopic (exact) mass is 498 g/mol. The lowest BCUT2D eigenvalue weighted by atomic mass is 10.0. The average molecular weight is 499 g/mol. The molecule has 0 saturated heterocycles. The fraction of sp³-hybridized carbons (Fsp3) is 0.217. The van der Waals surface area contributed by atoms with E-state index < -0.39 is 29.0 Å². The third-order valence-corrected chi connectivity index (χ3v) is 5.81. The maximum atomic E-state index is 12.8. The van der Waals surface area contributed by atoms with Crippen molar-refractivity contribution in [2.75, 3.05) is 6.54 Å². The lowest BCUT2D eigenvalue weighted by molar-refractivity contribution is -0.137. The van der Waals surface area contributed by atoms with Gasteiger partial charge in [0.15, 0.2) is 5.75 Å². The van der Waals surface area contributed by atoms with Crippen LogP contribution in [0.25, 0.3) is 11.3 Å². The molecular formula is C23H19Cl2F3N2O3. The summed E-state index contributed by atoms with van der Waals surface area (Å²) >= 11 is 11.9. The molecule has 0 radical (unpaired) electrons. The van der Waals surface area contributed by atoms with Gasteiger partial charge in [0, 0.05) is 13.6 Å². The molecule has 0 aliphatic rings. The third-order valence-electron chi connectivity index (χ3n) is 5.07. The van der Waals surface area contributed by atoms with Crippen molar-refractivity contribution in [3.05, 3.63) is 85.6 Å². The fourth-order valence-electron chi connectivity index (χ4n) is 3.25. The first-order valence-corrected chi connectivity index (χ1v) is 10.6. The Morgan fingerprint density at radius 1 is 1.06 bits per heavy atom. The number of benzene rings is 2. The molecule has 10 heteroatoms. The molecule has 5 nitrogen and oxygen atoms in total. The number of nitrogens with one attached hydrogen (secondary N) is 1. The van der Waals surface area contributed by atoms with Gasteiger partial charge in [-0.3, -0.25) is 9.59 Å². The first-order chi connectivity index (χ1) is 15.5. The Kier molecular flexibility index (Phi) is 7.39. The van der Waals surface area contributed by atoms with Gasteiger partial charge in [-0.1, -0.05) is 41.4 Å². The van der Waals surface area contributed by atoms with Crippen LogP contribution in [0.5, 0.6) is 5.75 Å². The minimum absolute atomic E-state index is 0.187. The Bertz CT molecular complexity index is 1240. The molecule has 174 valence electrons. The number of hydrogen-bond donors (Lipinski definition) is 2. The predicted molar refractivity (Wildman–Crippen MR) is 121 cm³/mol. The molecule has 3 aromatic rings. The number of rotatable bonds is 6. The highest BCUT2D eigenvalue weighted by atomic mass is 35.5. The summed E-state index contributed by atoms with van der Waals surface area (Å²) in [6.45, 7) is 0.253. The van der Waals surface area contributed by atoms with Gasteiger partial charge < -0.3 is 15.0 Å². The second kappa shape index (κ2) is 9.89. The standard InChI is InChI=1S/C23H19Cl2F3N2O3/c1-30-19(14-5-7-15(8-6-14)23(26,27)28)12-16(20(31)22(30)33)21(32)29-10-2-3-13-4-9-17(24)18(25)11-13/h4-9,11-12,31H,2-3,10H2,1H3,(H,29,32). The molecule has 0 saturated carbocycles. The van der Waals surface area contributed by atoms with E-state index in [4.69, 9.17) is 23.2 Å². The predicted octanol–water partition coefficient (Wildman–Crippen LogP) is 5.45. The molecule has 0 aliphatic heterocycles. The SMILES string of the molecule is Cn1c(-c2ccc(C(F)(F)F)cc2)cc(C(=O)NCCCc2ccc(Cl)c(Cl)c2)c(O)c1=O. The first-order valence-electron chi connectivity index (χ1n) is 9.82. The van der Waals surface area contributed by atoms with Crippen LogP contribution >= 0.6 is 23.2 Å². The van der Waals surface area contributed by atoms with Crippen molar-refractivity contribution < 1.29 is 23.1 Å². The van der Waals surface area contributed by atoms with Crippen LogP contribution in [0.15, 0.2) is 53.3 Å². The number of nitrogens with zero attached hydrogens (tertiary/aromatic N) is 1. The van der Waals surface area contributed by atoms with Gasteiger partial charge in [0.25, 0.3) is 11.5 Å². The van der Waals surface area contributed by atoms with E-state index in [9.17, 15) is 27.9 Å². The summed E-state index contributed by atoms with van der Waals surface area (Å²) in [7, 11) is 1.36. The van der Waals surface area contributed by atoms with Gasteiger partial charge in [-0.2, -0.15) is 13.2 Å². The Morgan fingerprint density at radius 3 is 2.33 bits per heavy atom. The summed E-state index contributed by atoms with van der Waals surface area (Å²) in [4.78, 5) is 25.0. The smallest absolute Gasteiger partial charge is 0.416 e. The zero-order chi connectivity index (χ0) is 24.3. The highest BCUT2D eigenvalue weighted by Gasteiger charge is 2.30. The van der Waals surface area contributed by atoms with Gasteiger partial charge in [-0.05, 0) is 54.3 Å².